The fourth-order valence-corrected chi connectivity index (χ4v) is 2.92. The number of benzene rings is 1. The molecule has 1 amide bonds. The van der Waals surface area contributed by atoms with E-state index in [2.05, 4.69) is 31.5 Å². The van der Waals surface area contributed by atoms with Crippen molar-refractivity contribution in [1.82, 2.24) is 4.98 Å². The first-order valence-corrected chi connectivity index (χ1v) is 9.31. The molecule has 1 aromatic heterocycles. The highest BCUT2D eigenvalue weighted by atomic mass is 79.9. The van der Waals surface area contributed by atoms with Crippen molar-refractivity contribution in [2.45, 2.75) is 6.92 Å². The average molecular weight is 486 g/mol. The second kappa shape index (κ2) is 9.68. The first kappa shape index (κ1) is 21.9. The predicted octanol–water partition coefficient (Wildman–Crippen LogP) is 4.79. The molecule has 3 N–H and O–H groups in total. The Bertz CT molecular complexity index is 979. The molecule has 2 rings (SSSR count). The van der Waals surface area contributed by atoms with Gasteiger partial charge in [-0.2, -0.15) is 0 Å². The maximum atomic E-state index is 12.8. The standard InChI is InChI=1S/C18H15BrCl2N4O3/c1-9-6-10(20)7-11(18(27)28-2)15(9)25-17(26)13(8-14(19)22)24-16-12(21)4-3-5-23-16/h3-8,22H,1-2H3,(H,23,24)(H,25,26)/b13-8-,22-14?. The third-order valence-corrected chi connectivity index (χ3v) is 4.22. The molecule has 7 nitrogen and oxygen atoms in total. The molecule has 1 aromatic carbocycles. The zero-order valence-electron chi connectivity index (χ0n) is 14.8. The molecular weight excluding hydrogens is 471 g/mol. The summed E-state index contributed by atoms with van der Waals surface area (Å²) in [4.78, 5) is 29.0. The van der Waals surface area contributed by atoms with Crippen molar-refractivity contribution in [3.8, 4) is 0 Å². The van der Waals surface area contributed by atoms with E-state index in [0.717, 1.165) is 0 Å². The molecule has 0 aliphatic heterocycles. The van der Waals surface area contributed by atoms with Crippen LogP contribution in [0.4, 0.5) is 11.5 Å². The van der Waals surface area contributed by atoms with Crippen LogP contribution in [0.3, 0.4) is 0 Å². The molecule has 10 heteroatoms. The van der Waals surface area contributed by atoms with E-state index in [1.807, 2.05) is 0 Å². The van der Waals surface area contributed by atoms with Gasteiger partial charge in [0.2, 0.25) is 0 Å². The van der Waals surface area contributed by atoms with E-state index >= 15 is 0 Å². The summed E-state index contributed by atoms with van der Waals surface area (Å²) in [5, 5.41) is 13.7. The number of carbonyl (C=O) groups is 2. The van der Waals surface area contributed by atoms with Gasteiger partial charge in [-0.3, -0.25) is 10.2 Å². The van der Waals surface area contributed by atoms with Crippen LogP contribution in [-0.4, -0.2) is 28.6 Å². The number of rotatable bonds is 6. The summed E-state index contributed by atoms with van der Waals surface area (Å²) < 4.78 is 4.70. The Morgan fingerprint density at radius 2 is 2.00 bits per heavy atom. The molecule has 0 bridgehead atoms. The fourth-order valence-electron chi connectivity index (χ4n) is 2.25. The fraction of sp³-hybridized carbons (Fsp3) is 0.111. The van der Waals surface area contributed by atoms with Crippen LogP contribution in [0.1, 0.15) is 15.9 Å². The summed E-state index contributed by atoms with van der Waals surface area (Å²) in [5.41, 5.74) is 0.880. The monoisotopic (exact) mass is 484 g/mol. The van der Waals surface area contributed by atoms with Gasteiger partial charge in [-0.1, -0.05) is 23.2 Å². The van der Waals surface area contributed by atoms with Crippen molar-refractivity contribution in [3.63, 3.8) is 0 Å². The third-order valence-electron chi connectivity index (χ3n) is 3.47. The summed E-state index contributed by atoms with van der Waals surface area (Å²) in [6.07, 6.45) is 2.74. The van der Waals surface area contributed by atoms with Crippen LogP contribution in [0, 0.1) is 12.3 Å². The number of aryl methyl sites for hydroxylation is 1. The molecule has 2 aromatic rings. The predicted molar refractivity (Wildman–Crippen MR) is 114 cm³/mol. The van der Waals surface area contributed by atoms with Gasteiger partial charge < -0.3 is 15.4 Å². The number of amides is 1. The van der Waals surface area contributed by atoms with Gasteiger partial charge in [0.25, 0.3) is 5.91 Å². The highest BCUT2D eigenvalue weighted by Crippen LogP contribution is 2.27. The number of nitrogens with one attached hydrogen (secondary N) is 3. The lowest BCUT2D eigenvalue weighted by Gasteiger charge is -2.16. The number of methoxy groups -OCH3 is 1. The zero-order chi connectivity index (χ0) is 20.8. The molecule has 0 saturated carbocycles. The molecule has 1 heterocycles. The van der Waals surface area contributed by atoms with Gasteiger partial charge in [0.15, 0.2) is 0 Å². The molecule has 0 aliphatic carbocycles. The Kier molecular flexibility index (Phi) is 7.56. The van der Waals surface area contributed by atoms with E-state index in [4.69, 9.17) is 33.3 Å². The maximum Gasteiger partial charge on any atom is 0.340 e. The van der Waals surface area contributed by atoms with E-state index < -0.39 is 11.9 Å². The molecule has 0 atom stereocenters. The van der Waals surface area contributed by atoms with E-state index in [9.17, 15) is 9.59 Å². The second-order valence-corrected chi connectivity index (χ2v) is 7.15. The van der Waals surface area contributed by atoms with E-state index in [1.54, 1.807) is 25.1 Å². The number of esters is 1. The number of anilines is 2. The SMILES string of the molecule is COC(=O)c1cc(Cl)cc(C)c1NC(=O)/C(=C/C(=N)Br)Nc1ncccc1Cl. The van der Waals surface area contributed by atoms with Gasteiger partial charge in [0.05, 0.1) is 28.0 Å². The van der Waals surface area contributed by atoms with Crippen LogP contribution in [0.25, 0.3) is 0 Å². The lowest BCUT2D eigenvalue weighted by molar-refractivity contribution is -0.112. The minimum absolute atomic E-state index is 0.0207. The largest absolute Gasteiger partial charge is 0.465 e. The molecule has 146 valence electrons. The number of carbonyl (C=O) groups excluding carboxylic acids is 2. The Hall–Kier alpha value is -2.42. The molecule has 0 unspecified atom stereocenters. The topological polar surface area (TPSA) is 104 Å². The van der Waals surface area contributed by atoms with Crippen molar-refractivity contribution in [1.29, 1.82) is 5.41 Å². The first-order chi connectivity index (χ1) is 13.2. The Labute approximate surface area is 179 Å². The first-order valence-electron chi connectivity index (χ1n) is 7.76. The van der Waals surface area contributed by atoms with Crippen LogP contribution in [0.5, 0.6) is 0 Å². The van der Waals surface area contributed by atoms with Crippen LogP contribution in [0.2, 0.25) is 10.0 Å². The van der Waals surface area contributed by atoms with Crippen molar-refractivity contribution >= 4 is 67.1 Å². The minimum atomic E-state index is -0.652. The third kappa shape index (κ3) is 5.54. The highest BCUT2D eigenvalue weighted by molar-refractivity contribution is 9.18. The van der Waals surface area contributed by atoms with Crippen LogP contribution >= 0.6 is 39.1 Å². The normalized spacial score (nSPS) is 11.0. The quantitative estimate of drug-likeness (QED) is 0.310. The van der Waals surface area contributed by atoms with Gasteiger partial charge in [0.1, 0.15) is 11.5 Å². The smallest absolute Gasteiger partial charge is 0.340 e. The van der Waals surface area contributed by atoms with Crippen molar-refractivity contribution < 1.29 is 14.3 Å². The Balaban J connectivity index is 2.41. The second-order valence-electron chi connectivity index (χ2n) is 5.46. The number of halogens is 3. The lowest BCUT2D eigenvalue weighted by atomic mass is 10.1. The average Bonchev–Trinajstić information content (AvgIpc) is 2.63. The van der Waals surface area contributed by atoms with E-state index in [0.29, 0.717) is 15.6 Å². The minimum Gasteiger partial charge on any atom is -0.465 e. The summed E-state index contributed by atoms with van der Waals surface area (Å²) in [5.74, 6) is -1.04. The molecular formula is C18H15BrCl2N4O3. The number of aromatic nitrogens is 1. The Morgan fingerprint density at radius 1 is 1.29 bits per heavy atom. The summed E-state index contributed by atoms with van der Waals surface area (Å²) in [7, 11) is 1.23. The van der Waals surface area contributed by atoms with Crippen molar-refractivity contribution in [2.75, 3.05) is 17.7 Å². The number of ether oxygens (including phenoxy) is 1. The molecule has 28 heavy (non-hydrogen) atoms. The number of nitrogens with zero attached hydrogens (tertiary/aromatic N) is 1. The zero-order valence-corrected chi connectivity index (χ0v) is 17.9. The Morgan fingerprint density at radius 3 is 2.61 bits per heavy atom. The van der Waals surface area contributed by atoms with Crippen molar-refractivity contribution in [3.05, 3.63) is 63.4 Å². The summed E-state index contributed by atoms with van der Waals surface area (Å²) in [6, 6.07) is 6.24. The van der Waals surface area contributed by atoms with Crippen LogP contribution < -0.4 is 10.6 Å². The number of hydrogen-bond donors (Lipinski definition) is 3. The molecule has 0 saturated heterocycles. The van der Waals surface area contributed by atoms with Gasteiger partial charge >= 0.3 is 5.97 Å². The van der Waals surface area contributed by atoms with E-state index in [-0.39, 0.29) is 27.4 Å². The molecule has 0 radical (unpaired) electrons. The number of allylic oxidation sites excluding steroid dienone is 1. The maximum absolute atomic E-state index is 12.8. The number of hydrogen-bond acceptors (Lipinski definition) is 6. The van der Waals surface area contributed by atoms with Crippen molar-refractivity contribution in [2.24, 2.45) is 0 Å². The molecule has 0 aliphatic rings. The van der Waals surface area contributed by atoms with Gasteiger partial charge in [-0.25, -0.2) is 9.78 Å². The van der Waals surface area contributed by atoms with Crippen LogP contribution in [-0.2, 0) is 9.53 Å². The highest BCUT2D eigenvalue weighted by Gasteiger charge is 2.20. The molecule has 0 spiro atoms. The van der Waals surface area contributed by atoms with Gasteiger partial charge in [-0.05, 0) is 58.8 Å². The van der Waals surface area contributed by atoms with Crippen LogP contribution in [0.15, 0.2) is 42.2 Å². The molecule has 0 fully saturated rings. The van der Waals surface area contributed by atoms with E-state index in [1.165, 1.54) is 25.4 Å². The van der Waals surface area contributed by atoms with Gasteiger partial charge in [0, 0.05) is 11.2 Å². The summed E-state index contributed by atoms with van der Waals surface area (Å²) in [6.45, 7) is 1.69. The lowest BCUT2D eigenvalue weighted by Crippen LogP contribution is -2.23. The summed E-state index contributed by atoms with van der Waals surface area (Å²) >= 11 is 15.1. The number of pyridine rings is 1. The van der Waals surface area contributed by atoms with Gasteiger partial charge in [-0.15, -0.1) is 0 Å².